The number of carbonyl (C=O) groups is 1. The van der Waals surface area contributed by atoms with E-state index in [1.807, 2.05) is 35.2 Å². The first kappa shape index (κ1) is 22.9. The first-order valence-electron chi connectivity index (χ1n) is 12.1. The molecule has 5 rings (SSSR count). The Morgan fingerprint density at radius 2 is 1.88 bits per heavy atom. The fourth-order valence-electron chi connectivity index (χ4n) is 4.67. The van der Waals surface area contributed by atoms with Crippen molar-refractivity contribution in [1.82, 2.24) is 9.80 Å². The van der Waals surface area contributed by atoms with Gasteiger partial charge in [-0.05, 0) is 42.3 Å². The maximum atomic E-state index is 13.3. The number of hydrogen-bond donors (Lipinski definition) is 0. The van der Waals surface area contributed by atoms with Crippen LogP contribution < -0.4 is 4.74 Å². The second-order valence-corrected chi connectivity index (χ2v) is 9.02. The van der Waals surface area contributed by atoms with Gasteiger partial charge >= 0.3 is 0 Å². The number of furan rings is 1. The molecule has 7 heteroatoms. The highest BCUT2D eigenvalue weighted by Crippen LogP contribution is 2.22. The summed E-state index contributed by atoms with van der Waals surface area (Å²) >= 11 is 0. The number of ether oxygens (including phenoxy) is 3. The fourth-order valence-corrected chi connectivity index (χ4v) is 4.67. The Morgan fingerprint density at radius 1 is 1.00 bits per heavy atom. The van der Waals surface area contributed by atoms with Crippen molar-refractivity contribution in [3.63, 3.8) is 0 Å². The van der Waals surface area contributed by atoms with Crippen molar-refractivity contribution < 1.29 is 23.4 Å². The van der Waals surface area contributed by atoms with Gasteiger partial charge in [-0.25, -0.2) is 0 Å². The molecule has 2 saturated heterocycles. The van der Waals surface area contributed by atoms with Crippen molar-refractivity contribution >= 4 is 16.9 Å². The Balaban J connectivity index is 1.19. The van der Waals surface area contributed by atoms with Crippen LogP contribution in [0.4, 0.5) is 0 Å². The highest BCUT2D eigenvalue weighted by Gasteiger charge is 2.24. The number of nitrogens with zero attached hydrogens (tertiary/aromatic N) is 2. The van der Waals surface area contributed by atoms with Crippen LogP contribution in [0.3, 0.4) is 0 Å². The zero-order chi connectivity index (χ0) is 23.2. The Hall–Kier alpha value is -2.87. The zero-order valence-corrected chi connectivity index (χ0v) is 19.5. The van der Waals surface area contributed by atoms with Crippen molar-refractivity contribution in [2.24, 2.45) is 5.92 Å². The first-order valence-corrected chi connectivity index (χ1v) is 12.1. The second kappa shape index (κ2) is 11.0. The predicted octanol–water partition coefficient (Wildman–Crippen LogP) is 3.48. The smallest absolute Gasteiger partial charge is 0.254 e. The van der Waals surface area contributed by atoms with Crippen molar-refractivity contribution in [3.05, 3.63) is 65.9 Å². The summed E-state index contributed by atoms with van der Waals surface area (Å²) in [5, 5.41) is 1.10. The molecule has 0 aliphatic carbocycles. The van der Waals surface area contributed by atoms with E-state index in [1.54, 1.807) is 6.26 Å². The molecule has 0 saturated carbocycles. The van der Waals surface area contributed by atoms with Gasteiger partial charge in [-0.1, -0.05) is 18.2 Å². The van der Waals surface area contributed by atoms with E-state index < -0.39 is 0 Å². The first-order chi connectivity index (χ1) is 16.7. The standard InChI is InChI=1S/C27H32N2O5/c30-27(24-2-1-3-25(18-24)33-15-9-28-7-12-31-13-8-28)29-10-14-32-20-22(19-29)16-21-4-5-23-6-11-34-26(23)17-21/h1-6,11,17-18,22H,7-10,12-16,19-20H2/t22-/m1/s1. The summed E-state index contributed by atoms with van der Waals surface area (Å²) in [6, 6.07) is 15.8. The van der Waals surface area contributed by atoms with Gasteiger partial charge in [0.05, 0.1) is 32.7 Å². The zero-order valence-electron chi connectivity index (χ0n) is 19.5. The lowest BCUT2D eigenvalue weighted by molar-refractivity contribution is 0.0322. The molecule has 1 amide bonds. The van der Waals surface area contributed by atoms with Gasteiger partial charge in [0.1, 0.15) is 17.9 Å². The van der Waals surface area contributed by atoms with Gasteiger partial charge in [-0.2, -0.15) is 0 Å². The average Bonchev–Trinajstić information content (AvgIpc) is 3.22. The van der Waals surface area contributed by atoms with Crippen molar-refractivity contribution in [3.8, 4) is 5.75 Å². The molecule has 0 bridgehead atoms. The molecule has 2 fully saturated rings. The highest BCUT2D eigenvalue weighted by atomic mass is 16.5. The van der Waals surface area contributed by atoms with Gasteiger partial charge in [0.15, 0.2) is 0 Å². The van der Waals surface area contributed by atoms with E-state index in [0.717, 1.165) is 56.0 Å². The third-order valence-electron chi connectivity index (χ3n) is 6.53. The number of fused-ring (bicyclic) bond motifs is 1. The topological polar surface area (TPSA) is 64.4 Å². The second-order valence-electron chi connectivity index (χ2n) is 9.02. The van der Waals surface area contributed by atoms with Crippen LogP contribution in [0.25, 0.3) is 11.0 Å². The number of carbonyl (C=O) groups excluding carboxylic acids is 1. The molecule has 0 unspecified atom stereocenters. The summed E-state index contributed by atoms with van der Waals surface area (Å²) in [6.45, 7) is 7.34. The number of hydrogen-bond acceptors (Lipinski definition) is 6. The average molecular weight is 465 g/mol. The summed E-state index contributed by atoms with van der Waals surface area (Å²) in [5.41, 5.74) is 2.74. The molecular weight excluding hydrogens is 432 g/mol. The van der Waals surface area contributed by atoms with E-state index in [9.17, 15) is 4.79 Å². The number of morpholine rings is 1. The van der Waals surface area contributed by atoms with Gasteiger partial charge in [0.2, 0.25) is 0 Å². The minimum atomic E-state index is 0.0237. The maximum absolute atomic E-state index is 13.3. The quantitative estimate of drug-likeness (QED) is 0.534. The number of amides is 1. The maximum Gasteiger partial charge on any atom is 0.254 e. The molecule has 2 aliphatic heterocycles. The molecule has 0 radical (unpaired) electrons. The monoisotopic (exact) mass is 464 g/mol. The van der Waals surface area contributed by atoms with Crippen molar-refractivity contribution in [2.45, 2.75) is 6.42 Å². The van der Waals surface area contributed by atoms with Crippen LogP contribution in [0.15, 0.2) is 59.2 Å². The van der Waals surface area contributed by atoms with Gasteiger partial charge in [0, 0.05) is 49.6 Å². The van der Waals surface area contributed by atoms with Crippen molar-refractivity contribution in [1.29, 1.82) is 0 Å². The summed E-state index contributed by atoms with van der Waals surface area (Å²) < 4.78 is 22.7. The molecule has 2 aromatic carbocycles. The Bertz CT molecular complexity index is 1090. The minimum absolute atomic E-state index is 0.0237. The molecule has 1 aromatic heterocycles. The minimum Gasteiger partial charge on any atom is -0.492 e. The van der Waals surface area contributed by atoms with Crippen LogP contribution in [0, 0.1) is 5.92 Å². The van der Waals surface area contributed by atoms with Gasteiger partial charge in [-0.15, -0.1) is 0 Å². The van der Waals surface area contributed by atoms with Gasteiger partial charge < -0.3 is 23.5 Å². The molecule has 34 heavy (non-hydrogen) atoms. The predicted molar refractivity (Wildman–Crippen MR) is 129 cm³/mol. The van der Waals surface area contributed by atoms with Crippen molar-refractivity contribution in [2.75, 3.05) is 65.8 Å². The molecule has 7 nitrogen and oxygen atoms in total. The Morgan fingerprint density at radius 3 is 2.79 bits per heavy atom. The van der Waals surface area contributed by atoms with E-state index >= 15 is 0 Å². The SMILES string of the molecule is O=C(c1cccc(OCCN2CCOCC2)c1)N1CCOC[C@H](Cc2ccc3ccoc3c2)C1. The summed E-state index contributed by atoms with van der Waals surface area (Å²) in [6.07, 6.45) is 2.55. The largest absolute Gasteiger partial charge is 0.492 e. The Labute approximate surface area is 200 Å². The van der Waals surface area contributed by atoms with E-state index in [1.165, 1.54) is 5.56 Å². The summed E-state index contributed by atoms with van der Waals surface area (Å²) in [7, 11) is 0. The van der Waals surface area contributed by atoms with Gasteiger partial charge in [-0.3, -0.25) is 9.69 Å². The fraction of sp³-hybridized carbons (Fsp3) is 0.444. The van der Waals surface area contributed by atoms with E-state index in [0.29, 0.717) is 38.5 Å². The molecule has 2 aliphatic rings. The molecule has 180 valence electrons. The Kier molecular flexibility index (Phi) is 7.43. The summed E-state index contributed by atoms with van der Waals surface area (Å²) in [5.74, 6) is 0.982. The van der Waals surface area contributed by atoms with Crippen LogP contribution in [0.5, 0.6) is 5.75 Å². The molecular formula is C27H32N2O5. The number of rotatable bonds is 7. The molecule has 0 spiro atoms. The van der Waals surface area contributed by atoms with Crippen LogP contribution in [0.1, 0.15) is 15.9 Å². The van der Waals surface area contributed by atoms with E-state index in [-0.39, 0.29) is 11.8 Å². The van der Waals surface area contributed by atoms with E-state index in [4.69, 9.17) is 18.6 Å². The normalized spacial score (nSPS) is 19.8. The third-order valence-corrected chi connectivity index (χ3v) is 6.53. The van der Waals surface area contributed by atoms with Crippen LogP contribution in [-0.4, -0.2) is 81.5 Å². The third kappa shape index (κ3) is 5.78. The number of benzene rings is 2. The van der Waals surface area contributed by atoms with Crippen LogP contribution in [-0.2, 0) is 15.9 Å². The van der Waals surface area contributed by atoms with Crippen LogP contribution in [0.2, 0.25) is 0 Å². The highest BCUT2D eigenvalue weighted by molar-refractivity contribution is 5.94. The van der Waals surface area contributed by atoms with Gasteiger partial charge in [0.25, 0.3) is 5.91 Å². The lowest BCUT2D eigenvalue weighted by atomic mass is 9.98. The summed E-state index contributed by atoms with van der Waals surface area (Å²) in [4.78, 5) is 17.6. The molecule has 1 atom stereocenters. The molecule has 3 heterocycles. The molecule has 3 aromatic rings. The lowest BCUT2D eigenvalue weighted by Gasteiger charge is -2.26. The van der Waals surface area contributed by atoms with E-state index in [2.05, 4.69) is 23.1 Å². The lowest BCUT2D eigenvalue weighted by Crippen LogP contribution is -2.38. The molecule has 0 N–H and O–H groups in total. The van der Waals surface area contributed by atoms with Crippen LogP contribution >= 0.6 is 0 Å².